The van der Waals surface area contributed by atoms with Crippen molar-refractivity contribution >= 4 is 5.91 Å². The Bertz CT molecular complexity index is 767. The molecule has 2 N–H and O–H groups in total. The molecular formula is C24H33F6N3O. The van der Waals surface area contributed by atoms with Gasteiger partial charge in [-0.3, -0.25) is 4.79 Å². The highest BCUT2D eigenvalue weighted by atomic mass is 19.4. The van der Waals surface area contributed by atoms with E-state index in [-0.39, 0.29) is 23.5 Å². The number of benzene rings is 1. The number of carbonyl (C=O) groups is 1. The van der Waals surface area contributed by atoms with Gasteiger partial charge in [0.1, 0.15) is 0 Å². The Hall–Kier alpha value is -1.81. The summed E-state index contributed by atoms with van der Waals surface area (Å²) in [7, 11) is 0. The number of hydrogen-bond donors (Lipinski definition) is 2. The lowest BCUT2D eigenvalue weighted by molar-refractivity contribution is -0.143. The van der Waals surface area contributed by atoms with Crippen molar-refractivity contribution in [2.75, 3.05) is 26.2 Å². The van der Waals surface area contributed by atoms with Crippen LogP contribution in [0.3, 0.4) is 0 Å². The maximum absolute atomic E-state index is 13.1. The third kappa shape index (κ3) is 7.86. The molecule has 0 bridgehead atoms. The van der Waals surface area contributed by atoms with E-state index in [2.05, 4.69) is 15.5 Å². The van der Waals surface area contributed by atoms with Crippen molar-refractivity contribution in [3.05, 3.63) is 34.9 Å². The highest BCUT2D eigenvalue weighted by Gasteiger charge is 2.37. The molecule has 1 saturated heterocycles. The highest BCUT2D eigenvalue weighted by molar-refractivity contribution is 5.82. The molecule has 192 valence electrons. The van der Waals surface area contributed by atoms with Gasteiger partial charge in [-0.2, -0.15) is 26.3 Å². The van der Waals surface area contributed by atoms with Crippen molar-refractivity contribution in [3.63, 3.8) is 0 Å². The van der Waals surface area contributed by atoms with E-state index in [1.807, 2.05) is 0 Å². The first-order chi connectivity index (χ1) is 16.0. The van der Waals surface area contributed by atoms with Gasteiger partial charge in [0.2, 0.25) is 5.91 Å². The average Bonchev–Trinajstić information content (AvgIpc) is 2.80. The van der Waals surface area contributed by atoms with Gasteiger partial charge >= 0.3 is 12.4 Å². The van der Waals surface area contributed by atoms with Crippen molar-refractivity contribution < 1.29 is 31.1 Å². The first-order valence-corrected chi connectivity index (χ1v) is 12.1. The molecule has 1 saturated carbocycles. The fraction of sp³-hybridized carbons (Fsp3) is 0.708. The number of rotatable bonds is 8. The zero-order chi connectivity index (χ0) is 24.8. The minimum atomic E-state index is -4.92. The van der Waals surface area contributed by atoms with Crippen LogP contribution in [0.5, 0.6) is 0 Å². The number of likely N-dealkylation sites (tertiary alicyclic amines) is 1. The van der Waals surface area contributed by atoms with E-state index in [9.17, 15) is 31.1 Å². The Morgan fingerprint density at radius 1 is 0.882 bits per heavy atom. The molecule has 0 radical (unpaired) electrons. The van der Waals surface area contributed by atoms with Crippen LogP contribution in [0.4, 0.5) is 26.3 Å². The van der Waals surface area contributed by atoms with Gasteiger partial charge in [0.05, 0.1) is 17.2 Å². The van der Waals surface area contributed by atoms with Crippen LogP contribution < -0.4 is 10.6 Å². The van der Waals surface area contributed by atoms with E-state index in [0.29, 0.717) is 18.7 Å². The summed E-state index contributed by atoms with van der Waals surface area (Å²) in [4.78, 5) is 15.4. The van der Waals surface area contributed by atoms with E-state index < -0.39 is 36.1 Å². The Balaban J connectivity index is 1.66. The second-order valence-electron chi connectivity index (χ2n) is 9.36. The lowest BCUT2D eigenvalue weighted by atomic mass is 9.83. The monoisotopic (exact) mass is 493 g/mol. The highest BCUT2D eigenvalue weighted by Crippen LogP contribution is 2.36. The summed E-state index contributed by atoms with van der Waals surface area (Å²) in [5, 5.41) is 5.92. The number of piperidine rings is 1. The van der Waals surface area contributed by atoms with Gasteiger partial charge in [0, 0.05) is 19.6 Å². The van der Waals surface area contributed by atoms with Crippen molar-refractivity contribution in [2.24, 2.45) is 5.92 Å². The predicted molar refractivity (Wildman–Crippen MR) is 117 cm³/mol. The smallest absolute Gasteiger partial charge is 0.351 e. The second-order valence-corrected chi connectivity index (χ2v) is 9.36. The molecule has 0 aromatic heterocycles. The van der Waals surface area contributed by atoms with Crippen molar-refractivity contribution in [1.82, 2.24) is 15.5 Å². The van der Waals surface area contributed by atoms with Gasteiger partial charge in [0.25, 0.3) is 0 Å². The first kappa shape index (κ1) is 26.8. The molecular weight excluding hydrogens is 460 g/mol. The van der Waals surface area contributed by atoms with Crippen LogP contribution in [-0.4, -0.2) is 43.0 Å². The van der Waals surface area contributed by atoms with Crippen molar-refractivity contribution in [2.45, 2.75) is 76.3 Å². The Morgan fingerprint density at radius 3 is 2.00 bits per heavy atom. The van der Waals surface area contributed by atoms with Crippen LogP contribution >= 0.6 is 0 Å². The summed E-state index contributed by atoms with van der Waals surface area (Å²) >= 11 is 0. The predicted octanol–water partition coefficient (Wildman–Crippen LogP) is 5.36. The molecule has 1 aliphatic carbocycles. The molecule has 10 heteroatoms. The molecule has 1 aliphatic heterocycles. The standard InChI is InChI=1S/C24H33F6N3O/c25-23(26,27)19-13-17(14-20(15-19)24(28,29)30)16-32-22(34)21(18-7-3-1-4-8-18)31-9-12-33-10-5-2-6-11-33/h13-15,18,21,31H,1-12,16H2,(H,32,34)/t21-/m0/s1. The number of alkyl halides is 6. The van der Waals surface area contributed by atoms with Crippen LogP contribution in [0.15, 0.2) is 18.2 Å². The summed E-state index contributed by atoms with van der Waals surface area (Å²) in [6.07, 6.45) is -1.44. The van der Waals surface area contributed by atoms with Crippen LogP contribution in [0, 0.1) is 5.92 Å². The van der Waals surface area contributed by atoms with E-state index in [1.165, 1.54) is 6.42 Å². The third-order valence-corrected chi connectivity index (χ3v) is 6.76. The van der Waals surface area contributed by atoms with Gasteiger partial charge in [-0.25, -0.2) is 0 Å². The minimum Gasteiger partial charge on any atom is -0.351 e. The van der Waals surface area contributed by atoms with Gasteiger partial charge in [-0.1, -0.05) is 25.7 Å². The van der Waals surface area contributed by atoms with E-state index in [0.717, 1.165) is 64.6 Å². The summed E-state index contributed by atoms with van der Waals surface area (Å²) in [5.74, 6) is -0.279. The topological polar surface area (TPSA) is 44.4 Å². The van der Waals surface area contributed by atoms with Crippen LogP contribution in [0.25, 0.3) is 0 Å². The normalized spacial score (nSPS) is 19.7. The largest absolute Gasteiger partial charge is 0.416 e. The molecule has 1 aromatic rings. The maximum atomic E-state index is 13.1. The number of halogens is 6. The number of amides is 1. The van der Waals surface area contributed by atoms with E-state index in [4.69, 9.17) is 0 Å². The zero-order valence-corrected chi connectivity index (χ0v) is 19.2. The SMILES string of the molecule is O=C(NCc1cc(C(F)(F)F)cc(C(F)(F)F)c1)[C@@H](NCCN1CCCCC1)C1CCCCC1. The first-order valence-electron chi connectivity index (χ1n) is 12.1. The summed E-state index contributed by atoms with van der Waals surface area (Å²) < 4.78 is 78.8. The molecule has 3 rings (SSSR count). The lowest BCUT2D eigenvalue weighted by Gasteiger charge is -2.32. The van der Waals surface area contributed by atoms with Gasteiger partial charge in [-0.15, -0.1) is 0 Å². The third-order valence-electron chi connectivity index (χ3n) is 6.76. The average molecular weight is 494 g/mol. The summed E-state index contributed by atoms with van der Waals surface area (Å²) in [6.45, 7) is 3.07. The quantitative estimate of drug-likeness (QED) is 0.479. The Morgan fingerprint density at radius 2 is 1.44 bits per heavy atom. The van der Waals surface area contributed by atoms with Crippen LogP contribution in [-0.2, 0) is 23.7 Å². The molecule has 34 heavy (non-hydrogen) atoms. The van der Waals surface area contributed by atoms with E-state index in [1.54, 1.807) is 0 Å². The fourth-order valence-corrected chi connectivity index (χ4v) is 4.92. The van der Waals surface area contributed by atoms with Crippen molar-refractivity contribution in [1.29, 1.82) is 0 Å². The lowest BCUT2D eigenvalue weighted by Crippen LogP contribution is -2.51. The molecule has 2 fully saturated rings. The van der Waals surface area contributed by atoms with E-state index >= 15 is 0 Å². The summed E-state index contributed by atoms with van der Waals surface area (Å²) in [6, 6.07) is 0.903. The van der Waals surface area contributed by atoms with Crippen LogP contribution in [0.2, 0.25) is 0 Å². The number of nitrogens with one attached hydrogen (secondary N) is 2. The minimum absolute atomic E-state index is 0.0955. The fourth-order valence-electron chi connectivity index (χ4n) is 4.92. The molecule has 0 unspecified atom stereocenters. The number of carbonyl (C=O) groups excluding carboxylic acids is 1. The molecule has 1 atom stereocenters. The van der Waals surface area contributed by atoms with Gasteiger partial charge in [-0.05, 0) is 68.5 Å². The van der Waals surface area contributed by atoms with Crippen molar-refractivity contribution in [3.8, 4) is 0 Å². The molecule has 4 nitrogen and oxygen atoms in total. The number of nitrogens with zero attached hydrogens (tertiary/aromatic N) is 1. The molecule has 1 aromatic carbocycles. The zero-order valence-electron chi connectivity index (χ0n) is 19.2. The van der Waals surface area contributed by atoms with Crippen LogP contribution in [0.1, 0.15) is 68.1 Å². The Labute approximate surface area is 196 Å². The van der Waals surface area contributed by atoms with Gasteiger partial charge in [0.15, 0.2) is 0 Å². The molecule has 1 amide bonds. The summed E-state index contributed by atoms with van der Waals surface area (Å²) in [5.41, 5.74) is -2.99. The van der Waals surface area contributed by atoms with Gasteiger partial charge < -0.3 is 15.5 Å². The molecule has 2 aliphatic rings. The second kappa shape index (κ2) is 11.7. The Kier molecular flexibility index (Phi) is 9.26. The molecule has 0 spiro atoms. The molecule has 1 heterocycles. The maximum Gasteiger partial charge on any atom is 0.416 e. The number of hydrogen-bond acceptors (Lipinski definition) is 3.